The minimum absolute atomic E-state index is 0.00330. The molecule has 4 rings (SSSR count). The molecule has 2 heterocycles. The van der Waals surface area contributed by atoms with Crippen molar-refractivity contribution in [2.75, 3.05) is 33.4 Å². The van der Waals surface area contributed by atoms with Gasteiger partial charge in [-0.3, -0.25) is 9.59 Å². The van der Waals surface area contributed by atoms with Crippen molar-refractivity contribution in [3.8, 4) is 11.3 Å². The van der Waals surface area contributed by atoms with Crippen molar-refractivity contribution >= 4 is 22.7 Å². The van der Waals surface area contributed by atoms with Crippen LogP contribution in [0.1, 0.15) is 40.7 Å². The summed E-state index contributed by atoms with van der Waals surface area (Å²) < 4.78 is 5.03. The minimum Gasteiger partial charge on any atom is -0.385 e. The molecular formula is C28H33N3O3. The normalized spacial score (nSPS) is 14.4. The Kier molecular flexibility index (Phi) is 7.58. The van der Waals surface area contributed by atoms with Gasteiger partial charge in [-0.25, -0.2) is 4.98 Å². The molecule has 1 fully saturated rings. The number of benzene rings is 2. The number of piperidine rings is 1. The van der Waals surface area contributed by atoms with Crippen molar-refractivity contribution in [3.63, 3.8) is 0 Å². The van der Waals surface area contributed by atoms with Gasteiger partial charge in [-0.2, -0.15) is 0 Å². The lowest BCUT2D eigenvalue weighted by atomic mass is 9.94. The maximum absolute atomic E-state index is 13.6. The standard InChI is InChI=1S/C28H33N3O3/c1-19-9-10-22(20(2)17-19)26-18-24(23-7-4-5-8-25(23)30-26)28(33)31-14-11-21(12-15-31)27(32)29-13-6-16-34-3/h4-5,7-10,17-18,21H,6,11-16H2,1-3H3,(H,29,32). The zero-order valence-corrected chi connectivity index (χ0v) is 20.3. The Hall–Kier alpha value is -3.25. The second kappa shape index (κ2) is 10.8. The first kappa shape index (κ1) is 23.9. The van der Waals surface area contributed by atoms with Gasteiger partial charge < -0.3 is 15.0 Å². The molecule has 178 valence electrons. The van der Waals surface area contributed by atoms with Crippen LogP contribution < -0.4 is 5.32 Å². The van der Waals surface area contributed by atoms with Gasteiger partial charge in [-0.05, 0) is 50.8 Å². The van der Waals surface area contributed by atoms with E-state index < -0.39 is 0 Å². The summed E-state index contributed by atoms with van der Waals surface area (Å²) in [5, 5.41) is 3.85. The van der Waals surface area contributed by atoms with E-state index in [1.54, 1.807) is 7.11 Å². The molecule has 0 unspecified atom stereocenters. The fraction of sp³-hybridized carbons (Fsp3) is 0.393. The Balaban J connectivity index is 1.53. The second-order valence-corrected chi connectivity index (χ2v) is 9.09. The zero-order chi connectivity index (χ0) is 24.1. The molecule has 0 spiro atoms. The van der Waals surface area contributed by atoms with Gasteiger partial charge >= 0.3 is 0 Å². The molecule has 3 aromatic rings. The number of ether oxygens (including phenoxy) is 1. The van der Waals surface area contributed by atoms with Crippen LogP contribution in [0.4, 0.5) is 0 Å². The van der Waals surface area contributed by atoms with E-state index in [9.17, 15) is 9.59 Å². The SMILES string of the molecule is COCCCNC(=O)C1CCN(C(=O)c2cc(-c3ccc(C)cc3C)nc3ccccc23)CC1. The fourth-order valence-electron chi connectivity index (χ4n) is 4.68. The van der Waals surface area contributed by atoms with Gasteiger partial charge in [0.25, 0.3) is 5.91 Å². The number of aryl methyl sites for hydroxylation is 2. The van der Waals surface area contributed by atoms with Crippen LogP contribution >= 0.6 is 0 Å². The highest BCUT2D eigenvalue weighted by atomic mass is 16.5. The number of pyridine rings is 1. The highest BCUT2D eigenvalue weighted by Crippen LogP contribution is 2.29. The van der Waals surface area contributed by atoms with E-state index in [2.05, 4.69) is 37.4 Å². The summed E-state index contributed by atoms with van der Waals surface area (Å²) in [7, 11) is 1.66. The van der Waals surface area contributed by atoms with Crippen molar-refractivity contribution in [1.82, 2.24) is 15.2 Å². The Morgan fingerprint density at radius 2 is 1.85 bits per heavy atom. The number of carbonyl (C=O) groups is 2. The monoisotopic (exact) mass is 459 g/mol. The van der Waals surface area contributed by atoms with Gasteiger partial charge in [0.1, 0.15) is 0 Å². The maximum atomic E-state index is 13.6. The molecule has 1 N–H and O–H groups in total. The first-order valence-electron chi connectivity index (χ1n) is 12.0. The lowest BCUT2D eigenvalue weighted by Gasteiger charge is -2.31. The molecular weight excluding hydrogens is 426 g/mol. The number of rotatable bonds is 7. The molecule has 6 nitrogen and oxygen atoms in total. The lowest BCUT2D eigenvalue weighted by Crippen LogP contribution is -2.43. The summed E-state index contributed by atoms with van der Waals surface area (Å²) in [6.07, 6.45) is 2.15. The predicted molar refractivity (Wildman–Crippen MR) is 135 cm³/mol. The molecule has 0 saturated carbocycles. The Bertz CT molecular complexity index is 1180. The van der Waals surface area contributed by atoms with Crippen LogP contribution in [0.15, 0.2) is 48.5 Å². The summed E-state index contributed by atoms with van der Waals surface area (Å²) in [6, 6.07) is 16.0. The van der Waals surface area contributed by atoms with E-state index in [-0.39, 0.29) is 17.7 Å². The number of aromatic nitrogens is 1. The Morgan fingerprint density at radius 1 is 1.09 bits per heavy atom. The third kappa shape index (κ3) is 5.28. The number of para-hydroxylation sites is 1. The lowest BCUT2D eigenvalue weighted by molar-refractivity contribution is -0.126. The van der Waals surface area contributed by atoms with Crippen LogP contribution in [0.25, 0.3) is 22.2 Å². The molecule has 0 aliphatic carbocycles. The number of amides is 2. The van der Waals surface area contributed by atoms with Crippen LogP contribution in [-0.2, 0) is 9.53 Å². The molecule has 0 bridgehead atoms. The van der Waals surface area contributed by atoms with E-state index in [1.807, 2.05) is 35.2 Å². The number of likely N-dealkylation sites (tertiary alicyclic amines) is 1. The summed E-state index contributed by atoms with van der Waals surface area (Å²) in [5.74, 6) is 0.0322. The molecule has 6 heteroatoms. The van der Waals surface area contributed by atoms with Crippen LogP contribution in [-0.4, -0.2) is 55.0 Å². The van der Waals surface area contributed by atoms with Gasteiger partial charge in [0, 0.05) is 50.2 Å². The van der Waals surface area contributed by atoms with Crippen molar-refractivity contribution < 1.29 is 14.3 Å². The molecule has 1 aromatic heterocycles. The number of nitrogens with one attached hydrogen (secondary N) is 1. The molecule has 1 aliphatic rings. The van der Waals surface area contributed by atoms with Crippen molar-refractivity contribution in [1.29, 1.82) is 0 Å². The number of fused-ring (bicyclic) bond motifs is 1. The summed E-state index contributed by atoms with van der Waals surface area (Å²) in [4.78, 5) is 32.9. The van der Waals surface area contributed by atoms with Crippen molar-refractivity contribution in [2.45, 2.75) is 33.1 Å². The summed E-state index contributed by atoms with van der Waals surface area (Å²) >= 11 is 0. The third-order valence-electron chi connectivity index (χ3n) is 6.58. The van der Waals surface area contributed by atoms with E-state index in [0.29, 0.717) is 44.6 Å². The van der Waals surface area contributed by atoms with Crippen molar-refractivity contribution in [3.05, 3.63) is 65.2 Å². The smallest absolute Gasteiger partial charge is 0.254 e. The topological polar surface area (TPSA) is 71.5 Å². The Labute approximate surface area is 201 Å². The van der Waals surface area contributed by atoms with Gasteiger partial charge in [0.05, 0.1) is 16.8 Å². The average molecular weight is 460 g/mol. The van der Waals surface area contributed by atoms with Crippen LogP contribution in [0.3, 0.4) is 0 Å². The summed E-state index contributed by atoms with van der Waals surface area (Å²) in [6.45, 7) is 6.55. The molecule has 34 heavy (non-hydrogen) atoms. The summed E-state index contributed by atoms with van der Waals surface area (Å²) in [5.41, 5.74) is 5.67. The maximum Gasteiger partial charge on any atom is 0.254 e. The van der Waals surface area contributed by atoms with E-state index in [4.69, 9.17) is 9.72 Å². The quantitative estimate of drug-likeness (QED) is 0.527. The highest BCUT2D eigenvalue weighted by Gasteiger charge is 2.28. The van der Waals surface area contributed by atoms with E-state index in [1.165, 1.54) is 5.56 Å². The largest absolute Gasteiger partial charge is 0.385 e. The molecule has 0 radical (unpaired) electrons. The number of hydrogen-bond acceptors (Lipinski definition) is 4. The van der Waals surface area contributed by atoms with Crippen LogP contribution in [0.5, 0.6) is 0 Å². The Morgan fingerprint density at radius 3 is 2.59 bits per heavy atom. The second-order valence-electron chi connectivity index (χ2n) is 9.09. The molecule has 2 amide bonds. The predicted octanol–water partition coefficient (Wildman–Crippen LogP) is 4.52. The van der Waals surface area contributed by atoms with Gasteiger partial charge in [-0.1, -0.05) is 42.0 Å². The number of nitrogens with zero attached hydrogens (tertiary/aromatic N) is 2. The number of methoxy groups -OCH3 is 1. The number of carbonyl (C=O) groups excluding carboxylic acids is 2. The average Bonchev–Trinajstić information content (AvgIpc) is 2.85. The number of hydrogen-bond donors (Lipinski definition) is 1. The first-order valence-corrected chi connectivity index (χ1v) is 12.0. The molecule has 1 saturated heterocycles. The highest BCUT2D eigenvalue weighted by molar-refractivity contribution is 6.07. The molecule has 2 aromatic carbocycles. The van der Waals surface area contributed by atoms with Gasteiger partial charge in [0.2, 0.25) is 5.91 Å². The molecule has 1 aliphatic heterocycles. The van der Waals surface area contributed by atoms with Gasteiger partial charge in [-0.15, -0.1) is 0 Å². The first-order chi connectivity index (χ1) is 16.5. The van der Waals surface area contributed by atoms with E-state index in [0.717, 1.165) is 34.1 Å². The zero-order valence-electron chi connectivity index (χ0n) is 20.3. The molecule has 0 atom stereocenters. The van der Waals surface area contributed by atoms with Crippen LogP contribution in [0.2, 0.25) is 0 Å². The third-order valence-corrected chi connectivity index (χ3v) is 6.58. The van der Waals surface area contributed by atoms with E-state index >= 15 is 0 Å². The van der Waals surface area contributed by atoms with Gasteiger partial charge in [0.15, 0.2) is 0 Å². The minimum atomic E-state index is -0.0495. The fourth-order valence-corrected chi connectivity index (χ4v) is 4.68. The van der Waals surface area contributed by atoms with Crippen molar-refractivity contribution in [2.24, 2.45) is 5.92 Å². The van der Waals surface area contributed by atoms with Crippen LogP contribution in [0, 0.1) is 19.8 Å².